The van der Waals surface area contributed by atoms with E-state index in [9.17, 15) is 4.39 Å². The Morgan fingerprint density at radius 2 is 1.77 bits per heavy atom. The SMILES string of the molecule is CCCCCC1CCC(c2ccc(C3=CCc4cc(C#N)c(F)cc4C3)c(F)c2)CC1. The Kier molecular flexibility index (Phi) is 6.86. The van der Waals surface area contributed by atoms with Crippen molar-refractivity contribution in [3.63, 3.8) is 0 Å². The van der Waals surface area contributed by atoms with Gasteiger partial charge in [0.15, 0.2) is 0 Å². The number of halogens is 2. The van der Waals surface area contributed by atoms with Crippen LogP contribution in [0.4, 0.5) is 8.78 Å². The summed E-state index contributed by atoms with van der Waals surface area (Å²) in [6, 6.07) is 10.7. The van der Waals surface area contributed by atoms with Crippen LogP contribution in [-0.4, -0.2) is 0 Å². The lowest BCUT2D eigenvalue weighted by atomic mass is 9.76. The summed E-state index contributed by atoms with van der Waals surface area (Å²) in [7, 11) is 0. The summed E-state index contributed by atoms with van der Waals surface area (Å²) in [4.78, 5) is 0. The van der Waals surface area contributed by atoms with Gasteiger partial charge in [0.1, 0.15) is 17.7 Å². The van der Waals surface area contributed by atoms with Crippen LogP contribution >= 0.6 is 0 Å². The Labute approximate surface area is 184 Å². The van der Waals surface area contributed by atoms with Gasteiger partial charge in [-0.05, 0) is 90.8 Å². The van der Waals surface area contributed by atoms with Gasteiger partial charge in [-0.1, -0.05) is 50.8 Å². The van der Waals surface area contributed by atoms with Crippen LogP contribution in [0.15, 0.2) is 36.4 Å². The molecule has 0 bridgehead atoms. The summed E-state index contributed by atoms with van der Waals surface area (Å²) < 4.78 is 29.1. The van der Waals surface area contributed by atoms with Crippen LogP contribution in [0.2, 0.25) is 0 Å². The van der Waals surface area contributed by atoms with Crippen molar-refractivity contribution in [1.82, 2.24) is 0 Å². The van der Waals surface area contributed by atoms with Crippen LogP contribution in [0.1, 0.15) is 92.0 Å². The molecule has 1 nitrogen and oxygen atoms in total. The van der Waals surface area contributed by atoms with Crippen molar-refractivity contribution in [2.45, 2.75) is 77.0 Å². The van der Waals surface area contributed by atoms with Crippen molar-refractivity contribution in [2.24, 2.45) is 5.92 Å². The summed E-state index contributed by atoms with van der Waals surface area (Å²) in [5.41, 5.74) is 4.52. The number of nitriles is 1. The zero-order chi connectivity index (χ0) is 21.8. The van der Waals surface area contributed by atoms with Gasteiger partial charge in [0.2, 0.25) is 0 Å². The number of unbranched alkanes of at least 4 members (excludes halogenated alkanes) is 2. The summed E-state index contributed by atoms with van der Waals surface area (Å²) in [6.07, 6.45) is 13.2. The molecule has 2 aromatic carbocycles. The van der Waals surface area contributed by atoms with E-state index in [0.717, 1.165) is 41.0 Å². The van der Waals surface area contributed by atoms with Gasteiger partial charge in [-0.2, -0.15) is 5.26 Å². The first kappa shape index (κ1) is 21.8. The van der Waals surface area contributed by atoms with Crippen LogP contribution in [0.5, 0.6) is 0 Å². The molecule has 162 valence electrons. The van der Waals surface area contributed by atoms with Gasteiger partial charge in [-0.3, -0.25) is 0 Å². The van der Waals surface area contributed by atoms with Crippen LogP contribution in [0.25, 0.3) is 5.57 Å². The van der Waals surface area contributed by atoms with E-state index < -0.39 is 5.82 Å². The number of fused-ring (bicyclic) bond motifs is 1. The average Bonchev–Trinajstić information content (AvgIpc) is 2.79. The smallest absolute Gasteiger partial charge is 0.141 e. The maximum absolute atomic E-state index is 15.1. The van der Waals surface area contributed by atoms with E-state index >= 15 is 4.39 Å². The second-order valence-electron chi connectivity index (χ2n) is 9.28. The van der Waals surface area contributed by atoms with Crippen molar-refractivity contribution in [3.8, 4) is 6.07 Å². The molecular weight excluding hydrogens is 388 g/mol. The number of benzene rings is 2. The molecule has 0 spiro atoms. The van der Waals surface area contributed by atoms with Gasteiger partial charge >= 0.3 is 0 Å². The minimum atomic E-state index is -0.497. The molecule has 1 fully saturated rings. The van der Waals surface area contributed by atoms with Crippen LogP contribution in [0.3, 0.4) is 0 Å². The molecule has 0 aliphatic heterocycles. The van der Waals surface area contributed by atoms with E-state index in [2.05, 4.69) is 13.0 Å². The van der Waals surface area contributed by atoms with Gasteiger partial charge < -0.3 is 0 Å². The molecule has 0 N–H and O–H groups in total. The minimum Gasteiger partial charge on any atom is -0.206 e. The molecule has 2 aliphatic rings. The zero-order valence-electron chi connectivity index (χ0n) is 18.4. The topological polar surface area (TPSA) is 23.8 Å². The Hall–Kier alpha value is -2.47. The maximum atomic E-state index is 15.1. The van der Waals surface area contributed by atoms with Gasteiger partial charge in [-0.25, -0.2) is 8.78 Å². The fourth-order valence-electron chi connectivity index (χ4n) is 5.33. The predicted molar refractivity (Wildman–Crippen MR) is 122 cm³/mol. The highest BCUT2D eigenvalue weighted by molar-refractivity contribution is 5.71. The van der Waals surface area contributed by atoms with Crippen molar-refractivity contribution >= 4 is 5.57 Å². The summed E-state index contributed by atoms with van der Waals surface area (Å²) in [5, 5.41) is 9.03. The van der Waals surface area contributed by atoms with Crippen LogP contribution in [0, 0.1) is 28.9 Å². The molecule has 2 aliphatic carbocycles. The highest BCUT2D eigenvalue weighted by atomic mass is 19.1. The number of nitrogens with zero attached hydrogens (tertiary/aromatic N) is 1. The number of allylic oxidation sites excluding steroid dienone is 2. The van der Waals surface area contributed by atoms with E-state index in [1.54, 1.807) is 12.1 Å². The molecule has 4 rings (SSSR count). The molecule has 31 heavy (non-hydrogen) atoms. The van der Waals surface area contributed by atoms with E-state index in [0.29, 0.717) is 24.3 Å². The second-order valence-corrected chi connectivity index (χ2v) is 9.28. The molecule has 0 saturated heterocycles. The highest BCUT2D eigenvalue weighted by Gasteiger charge is 2.24. The number of hydrogen-bond acceptors (Lipinski definition) is 1. The van der Waals surface area contributed by atoms with Crippen molar-refractivity contribution < 1.29 is 8.78 Å². The van der Waals surface area contributed by atoms with E-state index in [1.165, 1.54) is 44.6 Å². The Morgan fingerprint density at radius 1 is 0.968 bits per heavy atom. The molecule has 0 heterocycles. The lowest BCUT2D eigenvalue weighted by molar-refractivity contribution is 0.302. The Balaban J connectivity index is 1.43. The van der Waals surface area contributed by atoms with Crippen molar-refractivity contribution in [1.29, 1.82) is 5.26 Å². The highest BCUT2D eigenvalue weighted by Crippen LogP contribution is 2.39. The number of hydrogen-bond donors (Lipinski definition) is 0. The monoisotopic (exact) mass is 419 g/mol. The lowest BCUT2D eigenvalue weighted by Crippen LogP contribution is -2.14. The zero-order valence-corrected chi connectivity index (χ0v) is 18.4. The molecule has 2 aromatic rings. The van der Waals surface area contributed by atoms with Crippen molar-refractivity contribution in [3.05, 3.63) is 75.9 Å². The summed E-state index contributed by atoms with van der Waals surface area (Å²) in [5.74, 6) is 0.641. The molecule has 0 radical (unpaired) electrons. The van der Waals surface area contributed by atoms with Crippen LogP contribution < -0.4 is 0 Å². The third-order valence-corrected chi connectivity index (χ3v) is 7.23. The molecular formula is C28H31F2N. The van der Waals surface area contributed by atoms with Crippen LogP contribution in [-0.2, 0) is 12.8 Å². The molecule has 3 heteroatoms. The second kappa shape index (κ2) is 9.77. The minimum absolute atomic E-state index is 0.0752. The normalized spacial score (nSPS) is 20.6. The third-order valence-electron chi connectivity index (χ3n) is 7.23. The van der Waals surface area contributed by atoms with Gasteiger partial charge in [0.25, 0.3) is 0 Å². The summed E-state index contributed by atoms with van der Waals surface area (Å²) >= 11 is 0. The van der Waals surface area contributed by atoms with E-state index in [1.807, 2.05) is 18.2 Å². The number of rotatable bonds is 6. The van der Waals surface area contributed by atoms with Gasteiger partial charge in [0.05, 0.1) is 5.56 Å². The van der Waals surface area contributed by atoms with Gasteiger partial charge in [-0.15, -0.1) is 0 Å². The average molecular weight is 420 g/mol. The fourth-order valence-corrected chi connectivity index (χ4v) is 5.33. The first-order valence-electron chi connectivity index (χ1n) is 11.8. The quantitative estimate of drug-likeness (QED) is 0.437. The van der Waals surface area contributed by atoms with E-state index in [-0.39, 0.29) is 11.4 Å². The molecule has 0 unspecified atom stereocenters. The van der Waals surface area contributed by atoms with Gasteiger partial charge in [0, 0.05) is 5.56 Å². The third kappa shape index (κ3) is 4.90. The molecule has 0 amide bonds. The Morgan fingerprint density at radius 3 is 2.48 bits per heavy atom. The maximum Gasteiger partial charge on any atom is 0.141 e. The predicted octanol–water partition coefficient (Wildman–Crippen LogP) is 7.87. The molecule has 1 saturated carbocycles. The molecule has 0 atom stereocenters. The molecule has 0 aromatic heterocycles. The standard InChI is InChI=1S/C28H31F2N/c1-2-3-4-5-19-6-8-20(9-7-19)22-12-13-26(28(30)16-22)23-11-10-21-14-25(18-31)27(29)17-24(21)15-23/h11-14,16-17,19-20H,2-10,15H2,1H3. The fraction of sp³-hybridized carbons (Fsp3) is 0.464. The first-order valence-corrected chi connectivity index (χ1v) is 11.8. The van der Waals surface area contributed by atoms with E-state index in [4.69, 9.17) is 5.26 Å². The van der Waals surface area contributed by atoms with Crippen molar-refractivity contribution in [2.75, 3.05) is 0 Å². The lowest BCUT2D eigenvalue weighted by Gasteiger charge is -2.29. The first-order chi connectivity index (χ1) is 15.1. The summed E-state index contributed by atoms with van der Waals surface area (Å²) in [6.45, 7) is 2.25. The Bertz CT molecular complexity index is 1010. The largest absolute Gasteiger partial charge is 0.206 e.